The minimum atomic E-state index is -1.54. The monoisotopic (exact) mass is 268 g/mol. The summed E-state index contributed by atoms with van der Waals surface area (Å²) in [6, 6.07) is 6.57. The van der Waals surface area contributed by atoms with E-state index >= 15 is 0 Å². The summed E-state index contributed by atoms with van der Waals surface area (Å²) in [5, 5.41) is 0. The molecule has 0 saturated carbocycles. The molecule has 5 heteroatoms. The van der Waals surface area contributed by atoms with Crippen LogP contribution in [0.15, 0.2) is 29.2 Å². The Bertz CT molecular complexity index is 429. The highest BCUT2D eigenvalue weighted by atomic mass is 32.2. The first-order valence-electron chi connectivity index (χ1n) is 5.94. The van der Waals surface area contributed by atoms with Gasteiger partial charge in [-0.15, -0.1) is 0 Å². The summed E-state index contributed by atoms with van der Waals surface area (Å²) in [6.45, 7) is 5.93. The van der Waals surface area contributed by atoms with Crippen LogP contribution in [0.5, 0.6) is 0 Å². The van der Waals surface area contributed by atoms with Gasteiger partial charge >= 0.3 is 0 Å². The zero-order valence-corrected chi connectivity index (χ0v) is 11.8. The van der Waals surface area contributed by atoms with Crippen molar-refractivity contribution in [3.8, 4) is 0 Å². The average molecular weight is 268 g/mol. The summed E-state index contributed by atoms with van der Waals surface area (Å²) in [5.74, 6) is -0.0406. The van der Waals surface area contributed by atoms with Crippen LogP contribution < -0.4 is 10.5 Å². The van der Waals surface area contributed by atoms with Gasteiger partial charge in [-0.3, -0.25) is 9.52 Å². The first-order valence-corrected chi connectivity index (χ1v) is 7.09. The van der Waals surface area contributed by atoms with Crippen LogP contribution in [0.3, 0.4) is 0 Å². The number of hydrogen-bond acceptors (Lipinski definition) is 3. The Balaban J connectivity index is 2.59. The maximum atomic E-state index is 11.9. The summed E-state index contributed by atoms with van der Waals surface area (Å²) in [4.78, 5) is 12.3. The molecule has 1 amide bonds. The van der Waals surface area contributed by atoms with Crippen molar-refractivity contribution in [2.24, 2.45) is 11.7 Å². The predicted molar refractivity (Wildman–Crippen MR) is 73.2 cm³/mol. The van der Waals surface area contributed by atoms with Crippen molar-refractivity contribution in [2.45, 2.75) is 38.1 Å². The molecule has 1 aromatic rings. The van der Waals surface area contributed by atoms with Gasteiger partial charge in [0.25, 0.3) is 0 Å². The quantitative estimate of drug-likeness (QED) is 0.850. The second kappa shape index (κ2) is 6.66. The van der Waals surface area contributed by atoms with Crippen LogP contribution in [0.4, 0.5) is 0 Å². The van der Waals surface area contributed by atoms with Gasteiger partial charge in [-0.1, -0.05) is 31.5 Å². The predicted octanol–water partition coefficient (Wildman–Crippen LogP) is 1.51. The molecule has 0 heterocycles. The number of aryl methyl sites for hydroxylation is 1. The van der Waals surface area contributed by atoms with Crippen LogP contribution >= 0.6 is 0 Å². The molecule has 0 aliphatic carbocycles. The normalized spacial score (nSPS) is 14.3. The molecule has 1 rings (SSSR count). The van der Waals surface area contributed by atoms with Crippen molar-refractivity contribution >= 4 is 16.9 Å². The van der Waals surface area contributed by atoms with Crippen molar-refractivity contribution < 1.29 is 9.00 Å². The van der Waals surface area contributed by atoms with E-state index in [1.807, 2.05) is 32.9 Å². The van der Waals surface area contributed by atoms with Gasteiger partial charge in [0, 0.05) is 0 Å². The standard InChI is InChI=1S/C13H20N2O2S/c1-9(2)8-12(14)13(16)15-18(17)11-6-4-10(3)5-7-11/h4-7,9,12H,8,14H2,1-3H3,(H,15,16). The summed E-state index contributed by atoms with van der Waals surface area (Å²) in [6.07, 6.45) is 0.580. The molecule has 0 spiro atoms. The summed E-state index contributed by atoms with van der Waals surface area (Å²) in [5.41, 5.74) is 6.80. The molecule has 0 aliphatic heterocycles. The molecule has 0 radical (unpaired) electrons. The number of carbonyl (C=O) groups is 1. The minimum absolute atomic E-state index is 0.332. The van der Waals surface area contributed by atoms with Crippen molar-refractivity contribution in [3.63, 3.8) is 0 Å². The molecule has 4 nitrogen and oxygen atoms in total. The van der Waals surface area contributed by atoms with E-state index in [0.29, 0.717) is 17.2 Å². The van der Waals surface area contributed by atoms with E-state index in [9.17, 15) is 9.00 Å². The molecule has 0 aliphatic rings. The first-order chi connectivity index (χ1) is 8.40. The summed E-state index contributed by atoms with van der Waals surface area (Å²) in [7, 11) is -1.54. The van der Waals surface area contributed by atoms with Crippen molar-refractivity contribution in [2.75, 3.05) is 0 Å². The van der Waals surface area contributed by atoms with Gasteiger partial charge in [0.05, 0.1) is 10.9 Å². The molecule has 2 atom stereocenters. The number of carbonyl (C=O) groups excluding carboxylic acids is 1. The number of hydrogen-bond donors (Lipinski definition) is 2. The Morgan fingerprint density at radius 1 is 1.33 bits per heavy atom. The molecule has 100 valence electrons. The van der Waals surface area contributed by atoms with Gasteiger partial charge in [-0.05, 0) is 31.4 Å². The Kier molecular flexibility index (Phi) is 5.50. The van der Waals surface area contributed by atoms with E-state index in [-0.39, 0.29) is 5.91 Å². The van der Waals surface area contributed by atoms with Crippen LogP contribution in [0, 0.1) is 12.8 Å². The molecule has 18 heavy (non-hydrogen) atoms. The Morgan fingerprint density at radius 3 is 2.39 bits per heavy atom. The molecular formula is C13H20N2O2S. The lowest BCUT2D eigenvalue weighted by atomic mass is 10.0. The molecule has 2 unspecified atom stereocenters. The lowest BCUT2D eigenvalue weighted by molar-refractivity contribution is -0.120. The fourth-order valence-electron chi connectivity index (χ4n) is 1.50. The molecule has 0 aromatic heterocycles. The molecule has 0 saturated heterocycles. The number of nitrogens with one attached hydrogen (secondary N) is 1. The van der Waals surface area contributed by atoms with E-state index in [1.165, 1.54) is 0 Å². The third-order valence-corrected chi connectivity index (χ3v) is 3.58. The summed E-state index contributed by atoms with van der Waals surface area (Å²) >= 11 is 0. The van der Waals surface area contributed by atoms with Crippen LogP contribution in [-0.4, -0.2) is 16.2 Å². The molecule has 1 aromatic carbocycles. The third kappa shape index (κ3) is 4.58. The topological polar surface area (TPSA) is 72.2 Å². The minimum Gasteiger partial charge on any atom is -0.320 e. The number of amides is 1. The van der Waals surface area contributed by atoms with Gasteiger partial charge in [-0.2, -0.15) is 0 Å². The zero-order valence-electron chi connectivity index (χ0n) is 11.0. The highest BCUT2D eigenvalue weighted by Gasteiger charge is 2.17. The van der Waals surface area contributed by atoms with Crippen molar-refractivity contribution in [1.29, 1.82) is 0 Å². The van der Waals surface area contributed by atoms with Gasteiger partial charge in [0.15, 0.2) is 11.0 Å². The Labute approximate surface area is 111 Å². The van der Waals surface area contributed by atoms with E-state index in [4.69, 9.17) is 5.73 Å². The van der Waals surface area contributed by atoms with Crippen LogP contribution in [0.2, 0.25) is 0 Å². The SMILES string of the molecule is Cc1ccc(S(=O)NC(=O)C(N)CC(C)C)cc1. The fraction of sp³-hybridized carbons (Fsp3) is 0.462. The van der Waals surface area contributed by atoms with Gasteiger partial charge < -0.3 is 5.73 Å². The van der Waals surface area contributed by atoms with Gasteiger partial charge in [-0.25, -0.2) is 4.21 Å². The first kappa shape index (κ1) is 14.9. The van der Waals surface area contributed by atoms with Crippen LogP contribution in [0.1, 0.15) is 25.8 Å². The van der Waals surface area contributed by atoms with Gasteiger partial charge in [0.2, 0.25) is 5.91 Å². The molecule has 0 fully saturated rings. The van der Waals surface area contributed by atoms with Crippen LogP contribution in [0.25, 0.3) is 0 Å². The fourth-order valence-corrected chi connectivity index (χ4v) is 2.34. The number of benzene rings is 1. The van der Waals surface area contributed by atoms with E-state index in [2.05, 4.69) is 4.72 Å². The second-order valence-corrected chi connectivity index (χ2v) is 6.00. The van der Waals surface area contributed by atoms with Crippen molar-refractivity contribution in [1.82, 2.24) is 4.72 Å². The maximum Gasteiger partial charge on any atom is 0.248 e. The van der Waals surface area contributed by atoms with E-state index in [0.717, 1.165) is 5.56 Å². The summed E-state index contributed by atoms with van der Waals surface area (Å²) < 4.78 is 14.3. The van der Waals surface area contributed by atoms with E-state index in [1.54, 1.807) is 12.1 Å². The average Bonchev–Trinajstić information content (AvgIpc) is 2.28. The van der Waals surface area contributed by atoms with Crippen molar-refractivity contribution in [3.05, 3.63) is 29.8 Å². The lowest BCUT2D eigenvalue weighted by Crippen LogP contribution is -2.42. The largest absolute Gasteiger partial charge is 0.320 e. The Hall–Kier alpha value is -1.20. The van der Waals surface area contributed by atoms with E-state index < -0.39 is 17.0 Å². The zero-order chi connectivity index (χ0) is 13.7. The maximum absolute atomic E-state index is 11.9. The van der Waals surface area contributed by atoms with Gasteiger partial charge in [0.1, 0.15) is 0 Å². The lowest BCUT2D eigenvalue weighted by Gasteiger charge is -2.13. The highest BCUT2D eigenvalue weighted by molar-refractivity contribution is 7.83. The second-order valence-electron chi connectivity index (χ2n) is 4.78. The number of rotatable bonds is 5. The van der Waals surface area contributed by atoms with Crippen LogP contribution in [-0.2, 0) is 15.8 Å². The smallest absolute Gasteiger partial charge is 0.248 e. The molecule has 0 bridgehead atoms. The Morgan fingerprint density at radius 2 is 1.89 bits per heavy atom. The number of nitrogens with two attached hydrogens (primary N) is 1. The highest BCUT2D eigenvalue weighted by Crippen LogP contribution is 2.08. The molecular weight excluding hydrogens is 248 g/mol. The third-order valence-electron chi connectivity index (χ3n) is 2.49. The molecule has 3 N–H and O–H groups in total.